The van der Waals surface area contributed by atoms with Crippen LogP contribution in [-0.2, 0) is 14.3 Å². The molecule has 2 atom stereocenters. The van der Waals surface area contributed by atoms with Gasteiger partial charge in [-0.1, -0.05) is 0 Å². The zero-order valence-electron chi connectivity index (χ0n) is 10.6. The molecule has 0 aromatic rings. The average molecular weight is 246 g/mol. The summed E-state index contributed by atoms with van der Waals surface area (Å²) >= 11 is 0. The van der Waals surface area contributed by atoms with Crippen LogP contribution in [0.4, 0.5) is 0 Å². The fraction of sp³-hybridized carbons (Fsp3) is 0.818. The molecular formula is C11H22N2O4. The first-order valence-corrected chi connectivity index (χ1v) is 5.60. The Labute approximate surface area is 101 Å². The fourth-order valence-corrected chi connectivity index (χ4v) is 1.33. The van der Waals surface area contributed by atoms with Gasteiger partial charge < -0.3 is 21.3 Å². The van der Waals surface area contributed by atoms with Gasteiger partial charge in [0.05, 0.1) is 5.92 Å². The molecule has 0 saturated heterocycles. The van der Waals surface area contributed by atoms with Gasteiger partial charge in [-0.05, 0) is 40.2 Å². The molecular weight excluding hydrogens is 224 g/mol. The first-order chi connectivity index (χ1) is 7.69. The molecule has 17 heavy (non-hydrogen) atoms. The van der Waals surface area contributed by atoms with Crippen LogP contribution in [0, 0.1) is 5.92 Å². The zero-order valence-corrected chi connectivity index (χ0v) is 10.6. The Morgan fingerprint density at radius 2 is 1.88 bits per heavy atom. The van der Waals surface area contributed by atoms with E-state index in [4.69, 9.17) is 21.3 Å². The van der Waals surface area contributed by atoms with Gasteiger partial charge in [0, 0.05) is 0 Å². The van der Waals surface area contributed by atoms with Crippen LogP contribution in [0.25, 0.3) is 0 Å². The van der Waals surface area contributed by atoms with Crippen LogP contribution < -0.4 is 11.5 Å². The third-order valence-corrected chi connectivity index (χ3v) is 2.15. The number of rotatable bonds is 6. The Kier molecular flexibility index (Phi) is 6.12. The van der Waals surface area contributed by atoms with E-state index in [-0.39, 0.29) is 0 Å². The third kappa shape index (κ3) is 6.23. The summed E-state index contributed by atoms with van der Waals surface area (Å²) in [4.78, 5) is 22.6. The topological polar surface area (TPSA) is 116 Å². The van der Waals surface area contributed by atoms with Gasteiger partial charge >= 0.3 is 11.9 Å². The fourth-order valence-electron chi connectivity index (χ4n) is 1.33. The smallest absolute Gasteiger partial charge is 0.321 e. The second-order valence-corrected chi connectivity index (χ2v) is 4.93. The summed E-state index contributed by atoms with van der Waals surface area (Å²) in [5.41, 5.74) is 10.2. The molecule has 1 unspecified atom stereocenters. The largest absolute Gasteiger partial charge is 0.480 e. The van der Waals surface area contributed by atoms with E-state index < -0.39 is 29.5 Å². The van der Waals surface area contributed by atoms with Crippen LogP contribution in [0.3, 0.4) is 0 Å². The van der Waals surface area contributed by atoms with Crippen molar-refractivity contribution in [2.24, 2.45) is 17.4 Å². The Morgan fingerprint density at radius 1 is 1.35 bits per heavy atom. The molecule has 0 heterocycles. The number of carboxylic acids is 1. The molecule has 6 nitrogen and oxygen atoms in total. The monoisotopic (exact) mass is 246 g/mol. The van der Waals surface area contributed by atoms with E-state index in [9.17, 15) is 9.59 Å². The van der Waals surface area contributed by atoms with E-state index in [0.29, 0.717) is 19.4 Å². The second-order valence-electron chi connectivity index (χ2n) is 4.93. The van der Waals surface area contributed by atoms with Crippen LogP contribution in [0.2, 0.25) is 0 Å². The highest BCUT2D eigenvalue weighted by Crippen LogP contribution is 2.17. The summed E-state index contributed by atoms with van der Waals surface area (Å²) in [6.45, 7) is 5.54. The molecule has 0 aliphatic carbocycles. The van der Waals surface area contributed by atoms with Crippen molar-refractivity contribution in [3.8, 4) is 0 Å². The Bertz CT molecular complexity index is 273. The van der Waals surface area contributed by atoms with E-state index >= 15 is 0 Å². The molecule has 0 aliphatic heterocycles. The highest BCUT2D eigenvalue weighted by atomic mass is 16.6. The van der Waals surface area contributed by atoms with Gasteiger partial charge in [-0.2, -0.15) is 0 Å². The van der Waals surface area contributed by atoms with Crippen molar-refractivity contribution in [2.75, 3.05) is 6.54 Å². The molecule has 0 saturated carbocycles. The van der Waals surface area contributed by atoms with Crippen LogP contribution in [0.1, 0.15) is 33.6 Å². The number of hydrogen-bond donors (Lipinski definition) is 3. The minimum Gasteiger partial charge on any atom is -0.480 e. The highest BCUT2D eigenvalue weighted by Gasteiger charge is 2.33. The van der Waals surface area contributed by atoms with Crippen LogP contribution in [0.15, 0.2) is 0 Å². The normalized spacial score (nSPS) is 15.1. The molecule has 5 N–H and O–H groups in total. The molecule has 0 fully saturated rings. The van der Waals surface area contributed by atoms with E-state index in [1.54, 1.807) is 20.8 Å². The standard InChI is InChI=1S/C11H22N2O4/c1-11(2,3)17-10(16)7(5-4-6-12)8(13)9(14)15/h7-8H,4-6,12-13H2,1-3H3,(H,14,15)/t7?,8-/m0/s1. The lowest BCUT2D eigenvalue weighted by atomic mass is 9.95. The molecule has 0 aliphatic rings. The number of esters is 1. The molecule has 0 aromatic carbocycles. The highest BCUT2D eigenvalue weighted by molar-refractivity contribution is 5.83. The van der Waals surface area contributed by atoms with Gasteiger partial charge in [-0.25, -0.2) is 0 Å². The average Bonchev–Trinajstić information content (AvgIpc) is 2.15. The maximum Gasteiger partial charge on any atom is 0.321 e. The number of hydrogen-bond acceptors (Lipinski definition) is 5. The summed E-state index contributed by atoms with van der Waals surface area (Å²) < 4.78 is 5.15. The molecule has 6 heteroatoms. The van der Waals surface area contributed by atoms with E-state index in [2.05, 4.69) is 0 Å². The number of ether oxygens (including phenoxy) is 1. The summed E-state index contributed by atoms with van der Waals surface area (Å²) in [7, 11) is 0. The molecule has 0 radical (unpaired) electrons. The second kappa shape index (κ2) is 6.56. The molecule has 0 bridgehead atoms. The predicted octanol–water partition coefficient (Wildman–Crippen LogP) is 0.0951. The van der Waals surface area contributed by atoms with Crippen LogP contribution >= 0.6 is 0 Å². The van der Waals surface area contributed by atoms with Crippen molar-refractivity contribution >= 4 is 11.9 Å². The first-order valence-electron chi connectivity index (χ1n) is 5.60. The lowest BCUT2D eigenvalue weighted by molar-refractivity contribution is -0.164. The number of carboxylic acid groups (broad SMARTS) is 1. The van der Waals surface area contributed by atoms with E-state index in [0.717, 1.165) is 0 Å². The van der Waals surface area contributed by atoms with E-state index in [1.807, 2.05) is 0 Å². The maximum atomic E-state index is 11.8. The minimum atomic E-state index is -1.25. The Morgan fingerprint density at radius 3 is 2.24 bits per heavy atom. The molecule has 0 aromatic heterocycles. The summed E-state index contributed by atoms with van der Waals surface area (Å²) in [5, 5.41) is 8.83. The molecule has 100 valence electrons. The molecule has 0 amide bonds. The van der Waals surface area contributed by atoms with Crippen molar-refractivity contribution in [3.63, 3.8) is 0 Å². The first kappa shape index (κ1) is 15.9. The quantitative estimate of drug-likeness (QED) is 0.572. The van der Waals surface area contributed by atoms with Crippen molar-refractivity contribution < 1.29 is 19.4 Å². The summed E-state index contributed by atoms with van der Waals surface area (Å²) in [5.74, 6) is -2.64. The SMILES string of the molecule is CC(C)(C)OC(=O)C(CCCN)[C@H](N)C(=O)O. The van der Waals surface area contributed by atoms with Gasteiger partial charge in [-0.15, -0.1) is 0 Å². The molecule has 0 spiro atoms. The Hall–Kier alpha value is -1.14. The van der Waals surface area contributed by atoms with Crippen molar-refractivity contribution in [3.05, 3.63) is 0 Å². The van der Waals surface area contributed by atoms with Gasteiger partial charge in [0.2, 0.25) is 0 Å². The minimum absolute atomic E-state index is 0.318. The third-order valence-electron chi connectivity index (χ3n) is 2.15. The van der Waals surface area contributed by atoms with Crippen LogP contribution in [0.5, 0.6) is 0 Å². The Balaban J connectivity index is 4.67. The van der Waals surface area contributed by atoms with Gasteiger partial charge in [0.25, 0.3) is 0 Å². The number of carbonyl (C=O) groups is 2. The van der Waals surface area contributed by atoms with Gasteiger partial charge in [0.1, 0.15) is 11.6 Å². The summed E-state index contributed by atoms with van der Waals surface area (Å²) in [6, 6.07) is -1.25. The van der Waals surface area contributed by atoms with Crippen molar-refractivity contribution in [2.45, 2.75) is 45.3 Å². The van der Waals surface area contributed by atoms with Crippen molar-refractivity contribution in [1.82, 2.24) is 0 Å². The zero-order chi connectivity index (χ0) is 13.6. The van der Waals surface area contributed by atoms with Crippen LogP contribution in [-0.4, -0.2) is 35.2 Å². The predicted molar refractivity (Wildman–Crippen MR) is 63.2 cm³/mol. The summed E-state index contributed by atoms with van der Waals surface area (Å²) in [6.07, 6.45) is 0.851. The van der Waals surface area contributed by atoms with E-state index in [1.165, 1.54) is 0 Å². The number of aliphatic carboxylic acids is 1. The molecule has 0 rings (SSSR count). The van der Waals surface area contributed by atoms with Gasteiger partial charge in [0.15, 0.2) is 0 Å². The number of nitrogens with two attached hydrogens (primary N) is 2. The maximum absolute atomic E-state index is 11.8. The van der Waals surface area contributed by atoms with Crippen molar-refractivity contribution in [1.29, 1.82) is 0 Å². The lowest BCUT2D eigenvalue weighted by Crippen LogP contribution is -2.44. The lowest BCUT2D eigenvalue weighted by Gasteiger charge is -2.25. The van der Waals surface area contributed by atoms with Gasteiger partial charge in [-0.3, -0.25) is 9.59 Å². The number of carbonyl (C=O) groups excluding carboxylic acids is 1.